The lowest BCUT2D eigenvalue weighted by Gasteiger charge is -2.31. The van der Waals surface area contributed by atoms with Gasteiger partial charge in [-0.1, -0.05) is 42.5 Å². The maximum absolute atomic E-state index is 14.2. The fourth-order valence-electron chi connectivity index (χ4n) is 5.93. The number of methoxy groups -OCH3 is 1. The van der Waals surface area contributed by atoms with E-state index in [0.717, 1.165) is 0 Å². The van der Waals surface area contributed by atoms with Crippen molar-refractivity contribution in [3.63, 3.8) is 0 Å². The van der Waals surface area contributed by atoms with Gasteiger partial charge in [0.15, 0.2) is 23.8 Å². The number of aliphatic hydroxyl groups excluding tert-OH is 1. The molecule has 0 aliphatic heterocycles. The lowest BCUT2D eigenvalue weighted by Crippen LogP contribution is -2.58. The number of aliphatic imine (C=N–C) groups is 4. The van der Waals surface area contributed by atoms with Crippen molar-refractivity contribution in [3.8, 4) is 5.75 Å². The van der Waals surface area contributed by atoms with Crippen molar-refractivity contribution in [1.82, 2.24) is 26.6 Å². The normalized spacial score (nSPS) is 12.9. The summed E-state index contributed by atoms with van der Waals surface area (Å²) in [4.78, 5) is 130. The number of nitrogens with one attached hydrogen (secondary N) is 5. The first kappa shape index (κ1) is 55.7. The molecule has 0 heterocycles. The van der Waals surface area contributed by atoms with E-state index < -0.39 is 141 Å². The van der Waals surface area contributed by atoms with Crippen molar-refractivity contribution in [3.05, 3.63) is 104 Å². The average molecular weight is 1010 g/mol. The summed E-state index contributed by atoms with van der Waals surface area (Å²) in [6.45, 7) is -0.708. The molecule has 25 N–H and O–H groups in total. The first-order valence-electron chi connectivity index (χ1n) is 19.7. The molecular formula is C37H47N21O14. The molecule has 0 spiro atoms. The number of hydrogen-bond donors (Lipinski definition) is 16. The molecular weight excluding hydrogens is 963 g/mol. The molecule has 0 saturated carbocycles. The van der Waals surface area contributed by atoms with Crippen molar-refractivity contribution >= 4 is 82.3 Å². The van der Waals surface area contributed by atoms with Crippen molar-refractivity contribution in [1.29, 1.82) is 0 Å². The Kier molecular flexibility index (Phi) is 19.3. The minimum atomic E-state index is -2.67. The van der Waals surface area contributed by atoms with Gasteiger partial charge in [0.2, 0.25) is 36.8 Å². The van der Waals surface area contributed by atoms with E-state index in [0.29, 0.717) is 22.8 Å². The molecule has 3 rings (SSSR count). The number of nitro benzene ring substituents is 2. The highest BCUT2D eigenvalue weighted by atomic mass is 16.6. The number of carboxylic acid groups (broad SMARTS) is 1. The molecule has 35 nitrogen and oxygen atoms in total. The lowest BCUT2D eigenvalue weighted by atomic mass is 10.0. The van der Waals surface area contributed by atoms with E-state index in [-0.39, 0.29) is 11.1 Å². The van der Waals surface area contributed by atoms with Gasteiger partial charge < -0.3 is 98.0 Å². The number of hydrogen-bond acceptors (Lipinski definition) is 18. The summed E-state index contributed by atoms with van der Waals surface area (Å²) < 4.78 is 5.13. The van der Waals surface area contributed by atoms with Crippen LogP contribution in [0.3, 0.4) is 0 Å². The summed E-state index contributed by atoms with van der Waals surface area (Å²) in [6, 6.07) is 11.3. The van der Waals surface area contributed by atoms with Gasteiger partial charge >= 0.3 is 5.97 Å². The third kappa shape index (κ3) is 15.7. The number of aliphatic hydroxyl groups is 1. The van der Waals surface area contributed by atoms with Crippen LogP contribution in [0.4, 0.5) is 17.1 Å². The van der Waals surface area contributed by atoms with Crippen LogP contribution in [0, 0.1) is 20.2 Å². The maximum atomic E-state index is 14.2. The number of non-ortho nitro benzene ring substituents is 1. The number of primary amides is 1. The van der Waals surface area contributed by atoms with E-state index in [9.17, 15) is 64.0 Å². The summed E-state index contributed by atoms with van der Waals surface area (Å²) in [5.41, 5.74) is 44.3. The molecule has 6 atom stereocenters. The monoisotopic (exact) mass is 1010 g/mol. The van der Waals surface area contributed by atoms with Crippen molar-refractivity contribution < 1.29 is 58.4 Å². The lowest BCUT2D eigenvalue weighted by molar-refractivity contribution is -0.393. The number of anilines is 1. The molecule has 35 heteroatoms. The van der Waals surface area contributed by atoms with Crippen LogP contribution in [0.25, 0.3) is 0 Å². The molecule has 6 amide bonds. The molecule has 0 aliphatic rings. The molecule has 384 valence electrons. The standard InChI is InChI=1S/C37H47N21O14/c1-72-17-9-7-14(8-10-17)13-56(21-18(33(66)67)11-16(57(68)69)12-19(21)58(70)71)32(65)31(64)47-20(15-5-3-2-4-6-15)27(60)49-24(53-35(41)42)29(62)51-26(55-37(45)46)30(63)50-25(54-36(43)44)28(61)48-23(22(38)59)52-34(39)40/h2-12,20,23-26,32,65H,13H2,1H3,(H2,38,59)(H,47,64)(H,48,61)(H,49,60)(H,50,63)(H,51,62)(H,66,67)(H4,39,40,52)(H4,41,42,53)(H4,43,44,54)(H4,45,46,55). The Bertz CT molecular complexity index is 2650. The fourth-order valence-corrected chi connectivity index (χ4v) is 5.93. The van der Waals surface area contributed by atoms with E-state index in [4.69, 9.17) is 56.3 Å². The van der Waals surface area contributed by atoms with Crippen LogP contribution < -0.4 is 87.8 Å². The van der Waals surface area contributed by atoms with Gasteiger partial charge in [-0.15, -0.1) is 0 Å². The summed E-state index contributed by atoms with van der Waals surface area (Å²) in [5.74, 6) is -13.5. The first-order chi connectivity index (χ1) is 33.7. The third-order valence-corrected chi connectivity index (χ3v) is 8.97. The number of aromatic carboxylic acids is 1. The number of ether oxygens (including phenoxy) is 1. The quantitative estimate of drug-likeness (QED) is 0.0130. The summed E-state index contributed by atoms with van der Waals surface area (Å²) in [7, 11) is 1.34. The number of nitro groups is 2. The van der Waals surface area contributed by atoms with Crippen LogP contribution >= 0.6 is 0 Å². The van der Waals surface area contributed by atoms with Crippen LogP contribution in [0.5, 0.6) is 5.75 Å². The first-order valence-corrected chi connectivity index (χ1v) is 19.7. The molecule has 3 aromatic carbocycles. The third-order valence-electron chi connectivity index (χ3n) is 8.97. The molecule has 0 bridgehead atoms. The van der Waals surface area contributed by atoms with Gasteiger partial charge in [0.25, 0.3) is 40.9 Å². The summed E-state index contributed by atoms with van der Waals surface area (Å²) >= 11 is 0. The second-order valence-electron chi connectivity index (χ2n) is 14.1. The van der Waals surface area contributed by atoms with E-state index >= 15 is 0 Å². The zero-order chi connectivity index (χ0) is 54.1. The number of carbonyl (C=O) groups is 7. The highest BCUT2D eigenvalue weighted by Gasteiger charge is 2.39. The predicted molar refractivity (Wildman–Crippen MR) is 249 cm³/mol. The molecule has 0 aliphatic carbocycles. The van der Waals surface area contributed by atoms with Crippen LogP contribution in [-0.4, -0.2) is 123 Å². The number of carbonyl (C=O) groups excluding carboxylic acids is 6. The van der Waals surface area contributed by atoms with E-state index in [1.165, 1.54) is 61.7 Å². The smallest absolute Gasteiger partial charge is 0.338 e. The van der Waals surface area contributed by atoms with Gasteiger partial charge in [-0.2, -0.15) is 0 Å². The molecule has 0 radical (unpaired) electrons. The number of carboxylic acids is 1. The van der Waals surface area contributed by atoms with Gasteiger partial charge in [0, 0.05) is 12.6 Å². The molecule has 0 saturated heterocycles. The van der Waals surface area contributed by atoms with Crippen LogP contribution in [-0.2, 0) is 35.3 Å². The predicted octanol–water partition coefficient (Wildman–Crippen LogP) is -7.26. The zero-order valence-corrected chi connectivity index (χ0v) is 37.1. The van der Waals surface area contributed by atoms with Crippen LogP contribution in [0.2, 0.25) is 0 Å². The summed E-state index contributed by atoms with van der Waals surface area (Å²) in [6.07, 6.45) is -11.3. The van der Waals surface area contributed by atoms with Crippen LogP contribution in [0.15, 0.2) is 86.7 Å². The highest BCUT2D eigenvalue weighted by Crippen LogP contribution is 2.38. The largest absolute Gasteiger partial charge is 0.497 e. The average Bonchev–Trinajstić information content (AvgIpc) is 3.30. The maximum Gasteiger partial charge on any atom is 0.338 e. The Morgan fingerprint density at radius 2 is 1.07 bits per heavy atom. The van der Waals surface area contributed by atoms with Gasteiger partial charge in [0.1, 0.15) is 17.5 Å². The Morgan fingerprint density at radius 3 is 1.47 bits per heavy atom. The zero-order valence-electron chi connectivity index (χ0n) is 37.1. The number of nitrogens with two attached hydrogens (primary N) is 9. The molecule has 72 heavy (non-hydrogen) atoms. The topological polar surface area (TPSA) is 602 Å². The Morgan fingerprint density at radius 1 is 0.625 bits per heavy atom. The van der Waals surface area contributed by atoms with Gasteiger partial charge in [0.05, 0.1) is 28.6 Å². The van der Waals surface area contributed by atoms with E-state index in [2.05, 4.69) is 30.6 Å². The van der Waals surface area contributed by atoms with E-state index in [1.54, 1.807) is 0 Å². The highest BCUT2D eigenvalue weighted by molar-refractivity contribution is 6.01. The van der Waals surface area contributed by atoms with Gasteiger partial charge in [-0.3, -0.25) is 49.0 Å². The van der Waals surface area contributed by atoms with Crippen molar-refractivity contribution in [2.24, 2.45) is 71.6 Å². The minimum Gasteiger partial charge on any atom is -0.497 e. The number of nitrogens with zero attached hydrogens (tertiary/aromatic N) is 7. The Balaban J connectivity index is 2.08. The minimum absolute atomic E-state index is 0.0890. The summed E-state index contributed by atoms with van der Waals surface area (Å²) in [5, 5.41) is 56.2. The van der Waals surface area contributed by atoms with Crippen molar-refractivity contribution in [2.75, 3.05) is 12.0 Å². The SMILES string of the molecule is COc1ccc(CN(c2c(C(=O)O)cc([N+](=O)[O-])cc2[N+](=O)[O-])C(O)C(=O)NC(C(=O)NC(N=C(N)N)C(=O)NC(N=C(N)N)C(=O)NC(N=C(N)N)C(=O)NC(N=C(N)N)C(N)=O)c2ccccc2)cc1. The number of rotatable bonds is 24. The van der Waals surface area contributed by atoms with Crippen LogP contribution in [0.1, 0.15) is 27.5 Å². The molecule has 3 aromatic rings. The Labute approximate surface area is 403 Å². The number of amides is 6. The van der Waals surface area contributed by atoms with Crippen molar-refractivity contribution in [2.45, 2.75) is 43.5 Å². The van der Waals surface area contributed by atoms with E-state index in [1.807, 2.05) is 16.0 Å². The number of guanidine groups is 4. The molecule has 6 unspecified atom stereocenters. The second-order valence-corrected chi connectivity index (χ2v) is 14.1. The molecule has 0 aromatic heterocycles. The molecule has 0 fully saturated rings. The Hall–Kier alpha value is -10.6. The fraction of sp³-hybridized carbons (Fsp3) is 0.216. The second kappa shape index (κ2) is 25.0. The number of benzene rings is 3. The van der Waals surface area contributed by atoms with Gasteiger partial charge in [-0.25, -0.2) is 24.8 Å². The van der Waals surface area contributed by atoms with Gasteiger partial charge in [-0.05, 0) is 23.3 Å².